The van der Waals surface area contributed by atoms with E-state index in [-0.39, 0.29) is 11.3 Å². The summed E-state index contributed by atoms with van der Waals surface area (Å²) in [6, 6.07) is 10.9. The summed E-state index contributed by atoms with van der Waals surface area (Å²) in [6.45, 7) is 5.17. The molecule has 0 aliphatic heterocycles. The summed E-state index contributed by atoms with van der Waals surface area (Å²) in [7, 11) is 1.64. The topological polar surface area (TPSA) is 63.8 Å². The highest BCUT2D eigenvalue weighted by Crippen LogP contribution is 2.29. The van der Waals surface area contributed by atoms with Gasteiger partial charge in [0.25, 0.3) is 5.91 Å². The molecule has 0 saturated heterocycles. The van der Waals surface area contributed by atoms with Crippen LogP contribution in [0, 0.1) is 13.8 Å². The van der Waals surface area contributed by atoms with Gasteiger partial charge in [0.2, 0.25) is 0 Å². The smallest absolute Gasteiger partial charge is 0.283 e. The third-order valence-electron chi connectivity index (χ3n) is 4.24. The summed E-state index contributed by atoms with van der Waals surface area (Å²) >= 11 is 1.46. The minimum Gasteiger partial charge on any atom is -0.506 e. The quantitative estimate of drug-likeness (QED) is 0.779. The second-order valence-electron chi connectivity index (χ2n) is 5.77. The molecule has 0 aliphatic carbocycles. The van der Waals surface area contributed by atoms with Crippen molar-refractivity contribution in [2.45, 2.75) is 20.4 Å². The van der Waals surface area contributed by atoms with E-state index in [4.69, 9.17) is 4.74 Å². The molecule has 1 aromatic heterocycles. The van der Waals surface area contributed by atoms with Gasteiger partial charge in [0, 0.05) is 29.6 Å². The number of hydrogen-bond donors (Lipinski definition) is 1. The fourth-order valence-corrected chi connectivity index (χ4v) is 3.70. The largest absolute Gasteiger partial charge is 0.506 e. The molecule has 6 heteroatoms. The zero-order valence-electron chi connectivity index (χ0n) is 14.4. The molecule has 0 bridgehead atoms. The van der Waals surface area contributed by atoms with Gasteiger partial charge < -0.3 is 14.4 Å². The van der Waals surface area contributed by atoms with Crippen LogP contribution in [0.3, 0.4) is 0 Å². The fourth-order valence-electron chi connectivity index (χ4n) is 2.70. The number of carbonyl (C=O) groups excluding carboxylic acids is 1. The zero-order chi connectivity index (χ0) is 18.0. The van der Waals surface area contributed by atoms with Crippen LogP contribution in [0.25, 0.3) is 10.8 Å². The lowest BCUT2D eigenvalue weighted by molar-refractivity contribution is 0.0995. The number of hydrogen-bond acceptors (Lipinski definition) is 4. The first kappa shape index (κ1) is 17.4. The molecule has 130 valence electrons. The highest BCUT2D eigenvalue weighted by molar-refractivity contribution is 7.09. The van der Waals surface area contributed by atoms with Crippen LogP contribution < -0.4 is 4.80 Å². The van der Waals surface area contributed by atoms with Crippen LogP contribution in [0.1, 0.15) is 20.9 Å². The number of phenols is 1. The lowest BCUT2D eigenvalue weighted by atomic mass is 10.1. The number of methoxy groups -OCH3 is 1. The van der Waals surface area contributed by atoms with E-state index in [1.807, 2.05) is 42.7 Å². The Labute approximate surface area is 149 Å². The molecule has 0 aliphatic rings. The van der Waals surface area contributed by atoms with Gasteiger partial charge in [-0.2, -0.15) is 4.99 Å². The molecule has 0 unspecified atom stereocenters. The minimum atomic E-state index is -0.448. The number of benzene rings is 2. The lowest BCUT2D eigenvalue weighted by Crippen LogP contribution is -2.20. The van der Waals surface area contributed by atoms with Crippen LogP contribution >= 0.6 is 11.3 Å². The Hall–Kier alpha value is -2.44. The van der Waals surface area contributed by atoms with Crippen LogP contribution in [0.15, 0.2) is 41.4 Å². The zero-order valence-corrected chi connectivity index (χ0v) is 15.3. The summed E-state index contributed by atoms with van der Waals surface area (Å²) in [6.07, 6.45) is 0. The van der Waals surface area contributed by atoms with Crippen LogP contribution in [-0.4, -0.2) is 29.3 Å². The average Bonchev–Trinajstić information content (AvgIpc) is 2.87. The first-order chi connectivity index (χ1) is 12.0. The van der Waals surface area contributed by atoms with Gasteiger partial charge in [0.15, 0.2) is 4.80 Å². The number of amides is 1. The normalized spacial score (nSPS) is 12.0. The number of thiazole rings is 1. The monoisotopic (exact) mass is 356 g/mol. The summed E-state index contributed by atoms with van der Waals surface area (Å²) in [5.74, 6) is -0.476. The maximum absolute atomic E-state index is 12.7. The number of fused-ring (bicyclic) bond motifs is 1. The Morgan fingerprint density at radius 3 is 2.76 bits per heavy atom. The van der Waals surface area contributed by atoms with Crippen molar-refractivity contribution in [3.05, 3.63) is 57.3 Å². The van der Waals surface area contributed by atoms with Crippen molar-refractivity contribution in [3.8, 4) is 5.75 Å². The molecule has 2 aromatic carbocycles. The SMILES string of the molecule is COCCn1c(C)c(C)s/c1=N\C(=O)c1ccc2ccccc2c1O. The van der Waals surface area contributed by atoms with E-state index in [1.165, 1.54) is 11.3 Å². The third-order valence-corrected chi connectivity index (χ3v) is 5.33. The van der Waals surface area contributed by atoms with E-state index in [2.05, 4.69) is 4.99 Å². The Morgan fingerprint density at radius 1 is 1.24 bits per heavy atom. The Morgan fingerprint density at radius 2 is 2.00 bits per heavy atom. The highest BCUT2D eigenvalue weighted by atomic mass is 32.1. The summed E-state index contributed by atoms with van der Waals surface area (Å²) in [5.41, 5.74) is 1.28. The Bertz CT molecular complexity index is 1000. The van der Waals surface area contributed by atoms with Gasteiger partial charge in [0.05, 0.1) is 12.2 Å². The summed E-state index contributed by atoms with van der Waals surface area (Å²) in [4.78, 5) is 18.6. The van der Waals surface area contributed by atoms with Crippen molar-refractivity contribution in [1.29, 1.82) is 0 Å². The number of ether oxygens (including phenoxy) is 1. The van der Waals surface area contributed by atoms with E-state index < -0.39 is 5.91 Å². The van der Waals surface area contributed by atoms with Gasteiger partial charge in [-0.15, -0.1) is 11.3 Å². The number of aryl methyl sites for hydroxylation is 1. The van der Waals surface area contributed by atoms with Crippen molar-refractivity contribution in [3.63, 3.8) is 0 Å². The second kappa shape index (κ2) is 7.21. The molecular weight excluding hydrogens is 336 g/mol. The van der Waals surface area contributed by atoms with Gasteiger partial charge in [0.1, 0.15) is 5.75 Å². The predicted molar refractivity (Wildman–Crippen MR) is 99.2 cm³/mol. The number of phenolic OH excluding ortho intramolecular Hbond substituents is 1. The molecule has 0 atom stereocenters. The lowest BCUT2D eigenvalue weighted by Gasteiger charge is -2.06. The average molecular weight is 356 g/mol. The van der Waals surface area contributed by atoms with E-state index >= 15 is 0 Å². The van der Waals surface area contributed by atoms with E-state index in [1.54, 1.807) is 19.2 Å². The first-order valence-corrected chi connectivity index (χ1v) is 8.80. The van der Waals surface area contributed by atoms with E-state index in [9.17, 15) is 9.90 Å². The van der Waals surface area contributed by atoms with Gasteiger partial charge in [-0.05, 0) is 25.3 Å². The van der Waals surface area contributed by atoms with Crippen LogP contribution in [0.5, 0.6) is 5.75 Å². The van der Waals surface area contributed by atoms with Gasteiger partial charge in [-0.3, -0.25) is 4.79 Å². The molecule has 3 rings (SSSR count). The van der Waals surface area contributed by atoms with Crippen molar-refractivity contribution in [1.82, 2.24) is 4.57 Å². The van der Waals surface area contributed by atoms with Crippen molar-refractivity contribution >= 4 is 28.0 Å². The summed E-state index contributed by atoms with van der Waals surface area (Å²) < 4.78 is 7.11. The molecule has 0 fully saturated rings. The maximum atomic E-state index is 12.7. The summed E-state index contributed by atoms with van der Waals surface area (Å²) in [5, 5.41) is 12.0. The highest BCUT2D eigenvalue weighted by Gasteiger charge is 2.14. The maximum Gasteiger partial charge on any atom is 0.283 e. The van der Waals surface area contributed by atoms with Crippen molar-refractivity contribution in [2.24, 2.45) is 4.99 Å². The molecule has 0 spiro atoms. The van der Waals surface area contributed by atoms with Crippen LogP contribution in [0.2, 0.25) is 0 Å². The second-order valence-corrected chi connectivity index (χ2v) is 6.95. The molecule has 0 saturated carbocycles. The van der Waals surface area contributed by atoms with Gasteiger partial charge in [-0.25, -0.2) is 0 Å². The van der Waals surface area contributed by atoms with Crippen molar-refractivity contribution < 1.29 is 14.6 Å². The minimum absolute atomic E-state index is 0.0275. The molecule has 25 heavy (non-hydrogen) atoms. The molecule has 5 nitrogen and oxygen atoms in total. The molecular formula is C19H20N2O3S. The van der Waals surface area contributed by atoms with Crippen LogP contribution in [-0.2, 0) is 11.3 Å². The molecule has 1 heterocycles. The third kappa shape index (κ3) is 3.36. The Kier molecular flexibility index (Phi) is 5.01. The van der Waals surface area contributed by atoms with Gasteiger partial charge in [-0.1, -0.05) is 30.3 Å². The number of aromatic hydroxyl groups is 1. The van der Waals surface area contributed by atoms with E-state index in [0.717, 1.165) is 16.0 Å². The van der Waals surface area contributed by atoms with Gasteiger partial charge >= 0.3 is 0 Å². The first-order valence-electron chi connectivity index (χ1n) is 7.98. The molecule has 1 amide bonds. The number of rotatable bonds is 4. The predicted octanol–water partition coefficient (Wildman–Crippen LogP) is 3.41. The number of carbonyl (C=O) groups is 1. The number of aromatic nitrogens is 1. The van der Waals surface area contributed by atoms with Crippen LogP contribution in [0.4, 0.5) is 0 Å². The fraction of sp³-hybridized carbons (Fsp3) is 0.263. The molecule has 3 aromatic rings. The van der Waals surface area contributed by atoms with Crippen molar-refractivity contribution in [2.75, 3.05) is 13.7 Å². The molecule has 1 N–H and O–H groups in total. The van der Waals surface area contributed by atoms with E-state index in [0.29, 0.717) is 23.3 Å². The molecule has 0 radical (unpaired) electrons. The Balaban J connectivity index is 2.07. The number of nitrogens with zero attached hydrogens (tertiary/aromatic N) is 2. The standard InChI is InChI=1S/C19H20N2O3S/c1-12-13(2)25-19(21(12)10-11-24-3)20-18(23)16-9-8-14-6-4-5-7-15(14)17(16)22/h4-9,22H,10-11H2,1-3H3/b20-19-.